The van der Waals surface area contributed by atoms with Gasteiger partial charge >= 0.3 is 0 Å². The number of piperidine rings is 1. The molecule has 1 saturated carbocycles. The molecule has 2 aliphatic rings. The topological polar surface area (TPSA) is 120 Å². The Kier molecular flexibility index (Phi) is 7.69. The van der Waals surface area contributed by atoms with Gasteiger partial charge in [-0.15, -0.1) is 11.6 Å². The monoisotopic (exact) mass is 508 g/mol. The van der Waals surface area contributed by atoms with Crippen LogP contribution in [0, 0.1) is 23.5 Å². The predicted octanol–water partition coefficient (Wildman–Crippen LogP) is 2.55. The van der Waals surface area contributed by atoms with Crippen LogP contribution in [0.2, 0.25) is 0 Å². The molecule has 4 N–H and O–H groups in total. The van der Waals surface area contributed by atoms with Gasteiger partial charge in [0.2, 0.25) is 11.8 Å². The van der Waals surface area contributed by atoms with Crippen molar-refractivity contribution in [2.75, 3.05) is 12.4 Å². The van der Waals surface area contributed by atoms with Gasteiger partial charge in [-0.2, -0.15) is 0 Å². The highest BCUT2D eigenvalue weighted by molar-refractivity contribution is 6.28. The first-order valence-corrected chi connectivity index (χ1v) is 12.2. The van der Waals surface area contributed by atoms with E-state index in [1.807, 2.05) is 0 Å². The molecular formula is C24H27ClF2N4O4. The number of hydrogen-bond donors (Lipinski definition) is 4. The van der Waals surface area contributed by atoms with Gasteiger partial charge in [-0.25, -0.2) is 8.78 Å². The number of alkyl halides is 1. The molecule has 35 heavy (non-hydrogen) atoms. The molecule has 4 rings (SSSR count). The molecule has 1 aliphatic heterocycles. The smallest absolute Gasteiger partial charge is 0.268 e. The number of ketones is 1. The van der Waals surface area contributed by atoms with E-state index in [-0.39, 0.29) is 40.7 Å². The molecule has 3 atom stereocenters. The highest BCUT2D eigenvalue weighted by atomic mass is 35.5. The second-order valence-corrected chi connectivity index (χ2v) is 9.53. The highest BCUT2D eigenvalue weighted by Gasteiger charge is 2.34. The van der Waals surface area contributed by atoms with Gasteiger partial charge in [0.15, 0.2) is 5.78 Å². The van der Waals surface area contributed by atoms with Crippen molar-refractivity contribution in [3.05, 3.63) is 35.5 Å². The second kappa shape index (κ2) is 10.7. The molecule has 11 heteroatoms. The normalized spacial score (nSPS) is 19.6. The first-order chi connectivity index (χ1) is 16.7. The Hall–Kier alpha value is -3.01. The van der Waals surface area contributed by atoms with Crippen LogP contribution >= 0.6 is 11.6 Å². The minimum absolute atomic E-state index is 0.0155. The molecular weight excluding hydrogens is 482 g/mol. The number of carbonyl (C=O) groups is 4. The number of benzene rings is 1. The number of Topliss-reactive ketones (excluding diaryl/α,β-unsaturated/α-hetero) is 1. The molecule has 2 fully saturated rings. The van der Waals surface area contributed by atoms with E-state index in [0.717, 1.165) is 25.3 Å². The lowest BCUT2D eigenvalue weighted by atomic mass is 9.90. The van der Waals surface area contributed by atoms with Gasteiger partial charge in [-0.3, -0.25) is 19.2 Å². The lowest BCUT2D eigenvalue weighted by molar-refractivity contribution is -0.131. The maximum Gasteiger partial charge on any atom is 0.268 e. The number of hydrogen-bond acceptors (Lipinski definition) is 4. The minimum Gasteiger partial charge on any atom is -0.356 e. The summed E-state index contributed by atoms with van der Waals surface area (Å²) in [4.78, 5) is 53.3. The quantitative estimate of drug-likeness (QED) is 0.369. The number of carbonyl (C=O) groups excluding carboxylic acids is 4. The van der Waals surface area contributed by atoms with Crippen molar-refractivity contribution in [3.63, 3.8) is 0 Å². The lowest BCUT2D eigenvalue weighted by Gasteiger charge is -2.27. The van der Waals surface area contributed by atoms with Gasteiger partial charge < -0.3 is 20.9 Å². The van der Waals surface area contributed by atoms with Crippen LogP contribution in [0.4, 0.5) is 8.78 Å². The van der Waals surface area contributed by atoms with Gasteiger partial charge in [-0.1, -0.05) is 12.8 Å². The Balaban J connectivity index is 1.48. The van der Waals surface area contributed by atoms with Crippen molar-refractivity contribution in [2.24, 2.45) is 11.8 Å². The van der Waals surface area contributed by atoms with Crippen LogP contribution in [0.3, 0.4) is 0 Å². The van der Waals surface area contributed by atoms with E-state index in [9.17, 15) is 28.0 Å². The number of aromatic amines is 1. The van der Waals surface area contributed by atoms with E-state index in [2.05, 4.69) is 20.9 Å². The molecule has 2 aromatic rings. The number of fused-ring (bicyclic) bond motifs is 1. The molecule has 0 spiro atoms. The Bertz CT molecular complexity index is 1150. The third-order valence-corrected chi connectivity index (χ3v) is 6.80. The van der Waals surface area contributed by atoms with Crippen LogP contribution in [0.1, 0.15) is 49.0 Å². The van der Waals surface area contributed by atoms with Crippen LogP contribution < -0.4 is 16.0 Å². The van der Waals surface area contributed by atoms with E-state index < -0.39 is 47.2 Å². The molecule has 1 aromatic carbocycles. The van der Waals surface area contributed by atoms with Gasteiger partial charge in [0.05, 0.1) is 17.4 Å². The predicted molar refractivity (Wildman–Crippen MR) is 125 cm³/mol. The molecule has 0 unspecified atom stereocenters. The number of halogens is 3. The summed E-state index contributed by atoms with van der Waals surface area (Å²) >= 11 is 5.75. The summed E-state index contributed by atoms with van der Waals surface area (Å²) in [6, 6.07) is 1.21. The first-order valence-electron chi connectivity index (χ1n) is 11.7. The standard InChI is InChI=1S/C24H27ClF2N4O4/c25-11-20(32)17(8-13-2-1-5-28-22(13)33)30-23(34)18(6-12-3-4-12)31-24(35)19-9-14-7-15(26)10-16(27)21(14)29-19/h7,9-10,12-13,17-18,29H,1-6,8,11H2,(H,28,33)(H,30,34)(H,31,35)/t13-,17-,18-/m0/s1. The van der Waals surface area contributed by atoms with E-state index in [0.29, 0.717) is 25.5 Å². The SMILES string of the molecule is O=C(N[C@@H](CC1CC1)C(=O)N[C@@H](C[C@@H]1CCCNC1=O)C(=O)CCl)c1cc2cc(F)cc(F)c2[nH]1. The van der Waals surface area contributed by atoms with Crippen molar-refractivity contribution in [2.45, 2.75) is 50.6 Å². The third-order valence-electron chi connectivity index (χ3n) is 6.53. The average Bonchev–Trinajstić information content (AvgIpc) is 3.54. The Labute approximate surface area is 205 Å². The Morgan fingerprint density at radius 1 is 1.06 bits per heavy atom. The van der Waals surface area contributed by atoms with Crippen molar-refractivity contribution in [1.82, 2.24) is 20.9 Å². The molecule has 2 heterocycles. The van der Waals surface area contributed by atoms with Crippen LogP contribution in [-0.2, 0) is 14.4 Å². The summed E-state index contributed by atoms with van der Waals surface area (Å²) in [5, 5.41) is 8.28. The van der Waals surface area contributed by atoms with Crippen LogP contribution in [0.25, 0.3) is 10.9 Å². The number of aromatic nitrogens is 1. The molecule has 1 saturated heterocycles. The number of nitrogens with one attached hydrogen (secondary N) is 4. The number of H-pyrrole nitrogens is 1. The fourth-order valence-electron chi connectivity index (χ4n) is 4.42. The first kappa shape index (κ1) is 25.1. The molecule has 1 aliphatic carbocycles. The third kappa shape index (κ3) is 6.17. The largest absolute Gasteiger partial charge is 0.356 e. The van der Waals surface area contributed by atoms with E-state index in [4.69, 9.17) is 11.6 Å². The van der Waals surface area contributed by atoms with Crippen molar-refractivity contribution in [1.29, 1.82) is 0 Å². The zero-order chi connectivity index (χ0) is 25.1. The van der Waals surface area contributed by atoms with Crippen molar-refractivity contribution < 1.29 is 28.0 Å². The second-order valence-electron chi connectivity index (χ2n) is 9.27. The van der Waals surface area contributed by atoms with Crippen LogP contribution in [0.15, 0.2) is 18.2 Å². The Morgan fingerprint density at radius 3 is 2.51 bits per heavy atom. The summed E-state index contributed by atoms with van der Waals surface area (Å²) in [6.45, 7) is 0.579. The summed E-state index contributed by atoms with van der Waals surface area (Å²) in [7, 11) is 0. The van der Waals surface area contributed by atoms with E-state index in [1.165, 1.54) is 6.07 Å². The van der Waals surface area contributed by atoms with Crippen LogP contribution in [-0.4, -0.2) is 53.0 Å². The summed E-state index contributed by atoms with van der Waals surface area (Å²) in [5.41, 5.74) is -0.0383. The maximum absolute atomic E-state index is 14.0. The molecule has 1 aromatic heterocycles. The zero-order valence-electron chi connectivity index (χ0n) is 19.0. The van der Waals surface area contributed by atoms with Gasteiger partial charge in [0.25, 0.3) is 5.91 Å². The number of amides is 3. The summed E-state index contributed by atoms with van der Waals surface area (Å²) in [6.07, 6.45) is 3.72. The van der Waals surface area contributed by atoms with Crippen molar-refractivity contribution >= 4 is 46.0 Å². The van der Waals surface area contributed by atoms with Crippen molar-refractivity contribution in [3.8, 4) is 0 Å². The van der Waals surface area contributed by atoms with E-state index in [1.54, 1.807) is 0 Å². The van der Waals surface area contributed by atoms with Gasteiger partial charge in [-0.05, 0) is 43.7 Å². The fourth-order valence-corrected chi connectivity index (χ4v) is 4.61. The fraction of sp³-hybridized carbons (Fsp3) is 0.500. The highest BCUT2D eigenvalue weighted by Crippen LogP contribution is 2.33. The average molecular weight is 509 g/mol. The Morgan fingerprint density at radius 2 is 1.83 bits per heavy atom. The number of rotatable bonds is 10. The molecule has 8 nitrogen and oxygen atoms in total. The molecule has 188 valence electrons. The molecule has 0 radical (unpaired) electrons. The molecule has 0 bridgehead atoms. The summed E-state index contributed by atoms with van der Waals surface area (Å²) < 4.78 is 27.5. The van der Waals surface area contributed by atoms with Gasteiger partial charge in [0.1, 0.15) is 23.4 Å². The summed E-state index contributed by atoms with van der Waals surface area (Å²) in [5.74, 6) is -3.88. The van der Waals surface area contributed by atoms with Crippen LogP contribution in [0.5, 0.6) is 0 Å². The van der Waals surface area contributed by atoms with E-state index >= 15 is 0 Å². The van der Waals surface area contributed by atoms with Gasteiger partial charge in [0, 0.05) is 23.9 Å². The zero-order valence-corrected chi connectivity index (χ0v) is 19.7. The maximum atomic E-state index is 14.0. The minimum atomic E-state index is -0.961. The molecule has 3 amide bonds. The lowest BCUT2D eigenvalue weighted by Crippen LogP contribution is -2.53.